The highest BCUT2D eigenvalue weighted by atomic mass is 127. The van der Waals surface area contributed by atoms with Gasteiger partial charge in [0.15, 0.2) is 0 Å². The summed E-state index contributed by atoms with van der Waals surface area (Å²) < 4.78 is 1.32. The quantitative estimate of drug-likeness (QED) is 0.574. The highest BCUT2D eigenvalue weighted by Crippen LogP contribution is 2.13. The number of hydrogen-bond acceptors (Lipinski definition) is 0. The van der Waals surface area contributed by atoms with Crippen LogP contribution in [0.5, 0.6) is 0 Å². The van der Waals surface area contributed by atoms with Crippen LogP contribution in [0.1, 0.15) is 11.1 Å². The maximum atomic E-state index is 3.48. The molecule has 0 aromatic heterocycles. The molecule has 1 aromatic carbocycles. The van der Waals surface area contributed by atoms with Gasteiger partial charge in [-0.3, -0.25) is 0 Å². The molecule has 2 heteroatoms. The molecule has 1 rings (SSSR count). The first-order valence-corrected chi connectivity index (χ1v) is 5.42. The lowest BCUT2D eigenvalue weighted by Crippen LogP contribution is -1.89. The Kier molecular flexibility index (Phi) is 3.58. The SMILES string of the molecule is Cc1cc(I)ccc1CC[Si]. The molecule has 0 saturated heterocycles. The Bertz CT molecular complexity index is 245. The summed E-state index contributed by atoms with van der Waals surface area (Å²) in [6, 6.07) is 7.63. The van der Waals surface area contributed by atoms with E-state index in [4.69, 9.17) is 0 Å². The molecule has 0 unspecified atom stereocenters. The Morgan fingerprint density at radius 2 is 2.18 bits per heavy atom. The van der Waals surface area contributed by atoms with Crippen molar-refractivity contribution < 1.29 is 0 Å². The predicted molar refractivity (Wildman–Crippen MR) is 58.2 cm³/mol. The van der Waals surface area contributed by atoms with E-state index in [1.807, 2.05) is 0 Å². The van der Waals surface area contributed by atoms with Crippen molar-refractivity contribution >= 4 is 32.8 Å². The number of rotatable bonds is 2. The van der Waals surface area contributed by atoms with Crippen LogP contribution in [-0.2, 0) is 6.42 Å². The first-order valence-electron chi connectivity index (χ1n) is 3.63. The molecule has 0 spiro atoms. The second kappa shape index (κ2) is 4.26. The Labute approximate surface area is 85.0 Å². The summed E-state index contributed by atoms with van der Waals surface area (Å²) in [5, 5.41) is 0. The number of aryl methyl sites for hydroxylation is 2. The minimum absolute atomic E-state index is 1.04. The third kappa shape index (κ3) is 2.59. The fraction of sp³-hybridized carbons (Fsp3) is 0.333. The lowest BCUT2D eigenvalue weighted by Gasteiger charge is -2.03. The molecule has 0 bridgehead atoms. The van der Waals surface area contributed by atoms with Gasteiger partial charge in [-0.15, -0.1) is 0 Å². The molecule has 0 amide bonds. The molecule has 0 N–H and O–H groups in total. The van der Waals surface area contributed by atoms with Gasteiger partial charge in [0, 0.05) is 13.8 Å². The number of hydrogen-bond donors (Lipinski definition) is 0. The molecule has 0 fully saturated rings. The predicted octanol–water partition coefficient (Wildman–Crippen LogP) is 2.73. The standard InChI is InChI=1S/C9H10ISi/c1-7-6-9(10)3-2-8(7)4-5-11/h2-3,6H,4-5H2,1H3. The minimum atomic E-state index is 1.04. The second-order valence-corrected chi connectivity index (χ2v) is 4.32. The van der Waals surface area contributed by atoms with E-state index in [2.05, 4.69) is 58.0 Å². The summed E-state index contributed by atoms with van der Waals surface area (Å²) in [5.41, 5.74) is 2.84. The van der Waals surface area contributed by atoms with E-state index in [-0.39, 0.29) is 0 Å². The van der Waals surface area contributed by atoms with Crippen molar-refractivity contribution in [3.63, 3.8) is 0 Å². The minimum Gasteiger partial charge on any atom is -0.0597 e. The van der Waals surface area contributed by atoms with Crippen LogP contribution in [0, 0.1) is 10.5 Å². The highest BCUT2D eigenvalue weighted by molar-refractivity contribution is 14.1. The smallest absolute Gasteiger partial charge is 0.0225 e. The van der Waals surface area contributed by atoms with E-state index in [1.54, 1.807) is 0 Å². The molecule has 0 aliphatic rings. The normalized spacial score (nSPS) is 10.1. The Morgan fingerprint density at radius 1 is 1.45 bits per heavy atom. The van der Waals surface area contributed by atoms with Crippen molar-refractivity contribution in [1.82, 2.24) is 0 Å². The van der Waals surface area contributed by atoms with Crippen LogP contribution >= 0.6 is 22.6 Å². The van der Waals surface area contributed by atoms with Gasteiger partial charge in [0.05, 0.1) is 0 Å². The van der Waals surface area contributed by atoms with Crippen molar-refractivity contribution in [2.45, 2.75) is 19.4 Å². The molecule has 0 atom stereocenters. The second-order valence-electron chi connectivity index (χ2n) is 2.57. The molecule has 0 aliphatic heterocycles. The topological polar surface area (TPSA) is 0 Å². The maximum Gasteiger partial charge on any atom is 0.0225 e. The van der Waals surface area contributed by atoms with Crippen LogP contribution in [0.3, 0.4) is 0 Å². The summed E-state index contributed by atoms with van der Waals surface area (Å²) in [7, 11) is 3.48. The van der Waals surface area contributed by atoms with Gasteiger partial charge in [0.2, 0.25) is 0 Å². The molecule has 11 heavy (non-hydrogen) atoms. The first-order chi connectivity index (χ1) is 5.24. The molecule has 0 heterocycles. The van der Waals surface area contributed by atoms with Crippen LogP contribution in [0.4, 0.5) is 0 Å². The number of halogens is 1. The fourth-order valence-corrected chi connectivity index (χ4v) is 1.99. The van der Waals surface area contributed by atoms with Gasteiger partial charge >= 0.3 is 0 Å². The van der Waals surface area contributed by atoms with Gasteiger partial charge in [0.25, 0.3) is 0 Å². The van der Waals surface area contributed by atoms with E-state index >= 15 is 0 Å². The van der Waals surface area contributed by atoms with Gasteiger partial charge in [0.1, 0.15) is 0 Å². The Morgan fingerprint density at radius 3 is 2.73 bits per heavy atom. The number of benzene rings is 1. The zero-order valence-corrected chi connectivity index (χ0v) is 9.68. The lowest BCUT2D eigenvalue weighted by atomic mass is 10.1. The van der Waals surface area contributed by atoms with E-state index in [0.29, 0.717) is 0 Å². The molecule has 0 aliphatic carbocycles. The van der Waals surface area contributed by atoms with Crippen LogP contribution < -0.4 is 0 Å². The van der Waals surface area contributed by atoms with Crippen LogP contribution in [0.15, 0.2) is 18.2 Å². The maximum absolute atomic E-state index is 3.48. The summed E-state index contributed by atoms with van der Waals surface area (Å²) in [4.78, 5) is 0. The molecule has 0 saturated carbocycles. The summed E-state index contributed by atoms with van der Waals surface area (Å²) in [6.07, 6.45) is 1.12. The van der Waals surface area contributed by atoms with Crippen LogP contribution in [0.2, 0.25) is 6.04 Å². The lowest BCUT2D eigenvalue weighted by molar-refractivity contribution is 1.10. The molecular formula is C9H10ISi. The van der Waals surface area contributed by atoms with Gasteiger partial charge < -0.3 is 0 Å². The summed E-state index contributed by atoms with van der Waals surface area (Å²) in [5.74, 6) is 0. The van der Waals surface area contributed by atoms with Crippen LogP contribution in [-0.4, -0.2) is 10.2 Å². The molecular weight excluding hydrogens is 263 g/mol. The fourth-order valence-electron chi connectivity index (χ4n) is 1.07. The van der Waals surface area contributed by atoms with Crippen molar-refractivity contribution in [2.75, 3.05) is 0 Å². The average molecular weight is 273 g/mol. The third-order valence-electron chi connectivity index (χ3n) is 1.70. The summed E-state index contributed by atoms with van der Waals surface area (Å²) >= 11 is 2.34. The van der Waals surface area contributed by atoms with Gasteiger partial charge in [-0.2, -0.15) is 0 Å². The van der Waals surface area contributed by atoms with Gasteiger partial charge in [-0.25, -0.2) is 0 Å². The van der Waals surface area contributed by atoms with Gasteiger partial charge in [-0.05, 0) is 59.2 Å². The Hall–Kier alpha value is 0.167. The van der Waals surface area contributed by atoms with Crippen molar-refractivity contribution in [3.05, 3.63) is 32.9 Å². The van der Waals surface area contributed by atoms with E-state index in [9.17, 15) is 0 Å². The largest absolute Gasteiger partial charge is 0.0597 e. The molecule has 0 nitrogen and oxygen atoms in total. The third-order valence-corrected chi connectivity index (χ3v) is 2.62. The first kappa shape index (κ1) is 9.26. The van der Waals surface area contributed by atoms with Crippen LogP contribution in [0.25, 0.3) is 0 Å². The highest BCUT2D eigenvalue weighted by Gasteiger charge is 1.96. The molecule has 57 valence electrons. The average Bonchev–Trinajstić information content (AvgIpc) is 1.95. The van der Waals surface area contributed by atoms with Gasteiger partial charge in [-0.1, -0.05) is 12.1 Å². The van der Waals surface area contributed by atoms with Crippen molar-refractivity contribution in [3.8, 4) is 0 Å². The molecule has 3 radical (unpaired) electrons. The zero-order chi connectivity index (χ0) is 8.27. The monoisotopic (exact) mass is 273 g/mol. The van der Waals surface area contributed by atoms with E-state index in [1.165, 1.54) is 14.7 Å². The molecule has 1 aromatic rings. The van der Waals surface area contributed by atoms with E-state index in [0.717, 1.165) is 12.5 Å². The van der Waals surface area contributed by atoms with E-state index < -0.39 is 0 Å². The Balaban J connectivity index is 2.90. The zero-order valence-electron chi connectivity index (χ0n) is 6.52. The van der Waals surface area contributed by atoms with Crippen molar-refractivity contribution in [1.29, 1.82) is 0 Å². The summed E-state index contributed by atoms with van der Waals surface area (Å²) in [6.45, 7) is 2.17. The van der Waals surface area contributed by atoms with Crippen molar-refractivity contribution in [2.24, 2.45) is 0 Å².